The van der Waals surface area contributed by atoms with E-state index in [1.54, 1.807) is 0 Å². The highest BCUT2D eigenvalue weighted by Gasteiger charge is 2.04. The molecule has 0 saturated carbocycles. The second-order valence-electron chi connectivity index (χ2n) is 5.99. The van der Waals surface area contributed by atoms with Gasteiger partial charge in [-0.1, -0.05) is 0 Å². The van der Waals surface area contributed by atoms with E-state index in [1.165, 1.54) is 0 Å². The van der Waals surface area contributed by atoms with Crippen molar-refractivity contribution in [3.63, 3.8) is 0 Å². The largest absolute Gasteiger partial charge is 0.378 e. The number of carbonyl (C=O) groups excluding carboxylic acids is 1. The number of carbonyl (C=O) groups is 1. The van der Waals surface area contributed by atoms with E-state index in [0.29, 0.717) is 18.9 Å². The van der Waals surface area contributed by atoms with Gasteiger partial charge in [0.05, 0.1) is 0 Å². The lowest BCUT2D eigenvalue weighted by molar-refractivity contribution is -0.116. The molecule has 0 aliphatic rings. The number of aromatic nitrogens is 2. The van der Waals surface area contributed by atoms with Crippen LogP contribution in [0.5, 0.6) is 0 Å². The Balaban J connectivity index is 1.73. The molecule has 1 aromatic heterocycles. The van der Waals surface area contributed by atoms with Crippen molar-refractivity contribution in [2.45, 2.75) is 26.7 Å². The average molecular weight is 327 g/mol. The molecule has 1 heterocycles. The molecule has 128 valence electrons. The van der Waals surface area contributed by atoms with Gasteiger partial charge >= 0.3 is 0 Å². The third-order valence-electron chi connectivity index (χ3n) is 3.51. The topological polar surface area (TPSA) is 70.2 Å². The molecule has 0 radical (unpaired) electrons. The highest BCUT2D eigenvalue weighted by molar-refractivity contribution is 5.90. The monoisotopic (exact) mass is 327 g/mol. The van der Waals surface area contributed by atoms with E-state index in [-0.39, 0.29) is 5.91 Å². The van der Waals surface area contributed by atoms with Gasteiger partial charge in [0.1, 0.15) is 0 Å². The molecule has 6 heteroatoms. The van der Waals surface area contributed by atoms with E-state index in [2.05, 4.69) is 20.6 Å². The Labute approximate surface area is 143 Å². The predicted molar refractivity (Wildman–Crippen MR) is 98.6 cm³/mol. The zero-order chi connectivity index (χ0) is 17.5. The van der Waals surface area contributed by atoms with Crippen molar-refractivity contribution in [1.82, 2.24) is 9.97 Å². The van der Waals surface area contributed by atoms with E-state index >= 15 is 0 Å². The molecule has 0 fully saturated rings. The lowest BCUT2D eigenvalue weighted by Crippen LogP contribution is -2.14. The summed E-state index contributed by atoms with van der Waals surface area (Å²) in [4.78, 5) is 22.6. The van der Waals surface area contributed by atoms with Gasteiger partial charge < -0.3 is 15.5 Å². The fraction of sp³-hybridized carbons (Fsp3) is 0.389. The van der Waals surface area contributed by atoms with Gasteiger partial charge in [-0.25, -0.2) is 9.97 Å². The second-order valence-corrected chi connectivity index (χ2v) is 5.99. The molecule has 0 spiro atoms. The molecule has 1 aromatic carbocycles. The first-order chi connectivity index (χ1) is 11.4. The Kier molecular flexibility index (Phi) is 6.12. The van der Waals surface area contributed by atoms with E-state index in [1.807, 2.05) is 63.2 Å². The number of amides is 1. The number of aryl methyl sites for hydroxylation is 2. The maximum atomic E-state index is 12.0. The molecule has 0 aliphatic heterocycles. The number of nitrogens with one attached hydrogen (secondary N) is 2. The summed E-state index contributed by atoms with van der Waals surface area (Å²) in [7, 11) is 3.97. The lowest BCUT2D eigenvalue weighted by atomic mass is 10.2. The van der Waals surface area contributed by atoms with E-state index in [9.17, 15) is 4.79 Å². The third kappa shape index (κ3) is 5.53. The standard InChI is InChI=1S/C18H25N5O/c1-13-12-14(2)21-18(20-13)19-11-5-6-17(24)22-15-7-9-16(10-8-15)23(3)4/h7-10,12H,5-6,11H2,1-4H3,(H,22,24)(H,19,20,21). The van der Waals surface area contributed by atoms with Crippen LogP contribution in [-0.4, -0.2) is 36.5 Å². The van der Waals surface area contributed by atoms with Crippen molar-refractivity contribution >= 4 is 23.2 Å². The van der Waals surface area contributed by atoms with Crippen LogP contribution in [0.1, 0.15) is 24.2 Å². The molecule has 6 nitrogen and oxygen atoms in total. The lowest BCUT2D eigenvalue weighted by Gasteiger charge is -2.13. The SMILES string of the molecule is Cc1cc(C)nc(NCCCC(=O)Nc2ccc(N(C)C)cc2)n1. The fourth-order valence-corrected chi connectivity index (χ4v) is 2.32. The summed E-state index contributed by atoms with van der Waals surface area (Å²) in [6.45, 7) is 4.54. The molecular formula is C18H25N5O. The summed E-state index contributed by atoms with van der Waals surface area (Å²) in [6.07, 6.45) is 1.17. The van der Waals surface area contributed by atoms with Crippen LogP contribution in [-0.2, 0) is 4.79 Å². The molecule has 0 aliphatic carbocycles. The summed E-state index contributed by atoms with van der Waals surface area (Å²) in [6, 6.07) is 9.72. The van der Waals surface area contributed by atoms with Gasteiger partial charge in [-0.05, 0) is 50.6 Å². The number of hydrogen-bond donors (Lipinski definition) is 2. The van der Waals surface area contributed by atoms with Crippen molar-refractivity contribution in [3.05, 3.63) is 41.7 Å². The number of anilines is 3. The number of hydrogen-bond acceptors (Lipinski definition) is 5. The van der Waals surface area contributed by atoms with Crippen LogP contribution in [0.3, 0.4) is 0 Å². The summed E-state index contributed by atoms with van der Waals surface area (Å²) in [5, 5.41) is 6.07. The zero-order valence-electron chi connectivity index (χ0n) is 14.8. The molecule has 0 bridgehead atoms. The van der Waals surface area contributed by atoms with Gasteiger partial charge in [0.15, 0.2) is 0 Å². The first-order valence-electron chi connectivity index (χ1n) is 8.07. The van der Waals surface area contributed by atoms with E-state index in [4.69, 9.17) is 0 Å². The summed E-state index contributed by atoms with van der Waals surface area (Å²) < 4.78 is 0. The van der Waals surface area contributed by atoms with Crippen LogP contribution in [0.2, 0.25) is 0 Å². The normalized spacial score (nSPS) is 10.3. The van der Waals surface area contributed by atoms with Crippen molar-refractivity contribution in [3.8, 4) is 0 Å². The fourth-order valence-electron chi connectivity index (χ4n) is 2.32. The zero-order valence-corrected chi connectivity index (χ0v) is 14.8. The highest BCUT2D eigenvalue weighted by Crippen LogP contribution is 2.15. The Morgan fingerprint density at radius 3 is 2.29 bits per heavy atom. The number of nitrogens with zero attached hydrogens (tertiary/aromatic N) is 3. The minimum Gasteiger partial charge on any atom is -0.378 e. The van der Waals surface area contributed by atoms with Crippen LogP contribution in [0.15, 0.2) is 30.3 Å². The molecule has 1 amide bonds. The number of benzene rings is 1. The van der Waals surface area contributed by atoms with Gasteiger partial charge in [-0.15, -0.1) is 0 Å². The molecule has 0 saturated heterocycles. The maximum absolute atomic E-state index is 12.0. The van der Waals surface area contributed by atoms with Crippen molar-refractivity contribution in [1.29, 1.82) is 0 Å². The Hall–Kier alpha value is -2.63. The molecule has 0 atom stereocenters. The molecular weight excluding hydrogens is 302 g/mol. The number of rotatable bonds is 7. The highest BCUT2D eigenvalue weighted by atomic mass is 16.1. The Morgan fingerprint density at radius 2 is 1.71 bits per heavy atom. The van der Waals surface area contributed by atoms with Gasteiger partial charge in [0, 0.05) is 49.8 Å². The molecule has 2 N–H and O–H groups in total. The first-order valence-corrected chi connectivity index (χ1v) is 8.07. The van der Waals surface area contributed by atoms with Crippen LogP contribution >= 0.6 is 0 Å². The minimum absolute atomic E-state index is 0.00995. The molecule has 0 unspecified atom stereocenters. The van der Waals surface area contributed by atoms with Crippen LogP contribution in [0.4, 0.5) is 17.3 Å². The van der Waals surface area contributed by atoms with E-state index in [0.717, 1.165) is 29.2 Å². The molecule has 24 heavy (non-hydrogen) atoms. The van der Waals surface area contributed by atoms with Crippen molar-refractivity contribution < 1.29 is 4.79 Å². The van der Waals surface area contributed by atoms with Crippen LogP contribution < -0.4 is 15.5 Å². The predicted octanol–water partition coefficient (Wildman–Crippen LogP) is 2.99. The second kappa shape index (κ2) is 8.29. The van der Waals surface area contributed by atoms with Crippen molar-refractivity contribution in [2.75, 3.05) is 36.2 Å². The third-order valence-corrected chi connectivity index (χ3v) is 3.51. The van der Waals surface area contributed by atoms with Gasteiger partial charge in [0.25, 0.3) is 0 Å². The van der Waals surface area contributed by atoms with Crippen LogP contribution in [0, 0.1) is 13.8 Å². The summed E-state index contributed by atoms with van der Waals surface area (Å²) in [5.41, 5.74) is 3.79. The van der Waals surface area contributed by atoms with Gasteiger partial charge in [-0.3, -0.25) is 4.79 Å². The van der Waals surface area contributed by atoms with Crippen LogP contribution in [0.25, 0.3) is 0 Å². The average Bonchev–Trinajstić information content (AvgIpc) is 2.51. The summed E-state index contributed by atoms with van der Waals surface area (Å²) in [5.74, 6) is 0.628. The van der Waals surface area contributed by atoms with Crippen molar-refractivity contribution in [2.24, 2.45) is 0 Å². The minimum atomic E-state index is 0.00995. The smallest absolute Gasteiger partial charge is 0.224 e. The Bertz CT molecular complexity index is 662. The van der Waals surface area contributed by atoms with Gasteiger partial charge in [0.2, 0.25) is 11.9 Å². The summed E-state index contributed by atoms with van der Waals surface area (Å²) >= 11 is 0. The Morgan fingerprint density at radius 1 is 1.08 bits per heavy atom. The van der Waals surface area contributed by atoms with Gasteiger partial charge in [-0.2, -0.15) is 0 Å². The van der Waals surface area contributed by atoms with E-state index < -0.39 is 0 Å². The molecule has 2 aromatic rings. The molecule has 2 rings (SSSR count). The maximum Gasteiger partial charge on any atom is 0.224 e. The first kappa shape index (κ1) is 17.7. The quantitative estimate of drug-likeness (QED) is 0.765.